The van der Waals surface area contributed by atoms with Gasteiger partial charge >= 0.3 is 0 Å². The number of hydrogen-bond donors (Lipinski definition) is 2. The summed E-state index contributed by atoms with van der Waals surface area (Å²) in [7, 11) is 0. The first-order valence-corrected chi connectivity index (χ1v) is 7.56. The molecule has 4 heteroatoms. The van der Waals surface area contributed by atoms with Crippen LogP contribution in [0.2, 0.25) is 0 Å². The summed E-state index contributed by atoms with van der Waals surface area (Å²) < 4.78 is 0. The van der Waals surface area contributed by atoms with E-state index in [9.17, 15) is 9.59 Å². The highest BCUT2D eigenvalue weighted by atomic mass is 16.2. The van der Waals surface area contributed by atoms with E-state index in [1.165, 1.54) is 0 Å². The highest BCUT2D eigenvalue weighted by molar-refractivity contribution is 6.06. The van der Waals surface area contributed by atoms with Gasteiger partial charge in [-0.1, -0.05) is 24.3 Å². The Bertz CT molecular complexity index is 730. The summed E-state index contributed by atoms with van der Waals surface area (Å²) in [6.45, 7) is 7.68. The Morgan fingerprint density at radius 3 is 2.09 bits per heavy atom. The van der Waals surface area contributed by atoms with Gasteiger partial charge < -0.3 is 10.6 Å². The standard InChI is InChI=1S/C19H22N2O2/c1-13-8-5-6-11-16(13)20-17(22)14-9-7-10-15(12-14)18(23)21-19(2,3)4/h5-12H,1-4H3,(H,20,22)(H,21,23). The minimum atomic E-state index is -0.323. The third kappa shape index (κ3) is 4.68. The van der Waals surface area contributed by atoms with Crippen molar-refractivity contribution in [2.24, 2.45) is 0 Å². The Kier molecular flexibility index (Phi) is 4.84. The molecule has 0 saturated carbocycles. The number of nitrogens with one attached hydrogen (secondary N) is 2. The molecule has 0 bridgehead atoms. The minimum Gasteiger partial charge on any atom is -0.347 e. The third-order valence-electron chi connectivity index (χ3n) is 3.27. The van der Waals surface area contributed by atoms with Crippen molar-refractivity contribution in [2.45, 2.75) is 33.2 Å². The van der Waals surface area contributed by atoms with Crippen molar-refractivity contribution < 1.29 is 9.59 Å². The van der Waals surface area contributed by atoms with E-state index in [0.717, 1.165) is 11.3 Å². The second-order valence-electron chi connectivity index (χ2n) is 6.55. The van der Waals surface area contributed by atoms with E-state index in [4.69, 9.17) is 0 Å². The molecule has 2 rings (SSSR count). The van der Waals surface area contributed by atoms with Gasteiger partial charge in [0.05, 0.1) is 0 Å². The van der Waals surface area contributed by atoms with Crippen LogP contribution in [0.5, 0.6) is 0 Å². The zero-order chi connectivity index (χ0) is 17.0. The van der Waals surface area contributed by atoms with E-state index in [1.807, 2.05) is 52.0 Å². The van der Waals surface area contributed by atoms with Crippen LogP contribution in [0.4, 0.5) is 5.69 Å². The Morgan fingerprint density at radius 2 is 1.48 bits per heavy atom. The number of carbonyl (C=O) groups is 2. The van der Waals surface area contributed by atoms with Crippen LogP contribution < -0.4 is 10.6 Å². The van der Waals surface area contributed by atoms with Crippen molar-refractivity contribution in [3.8, 4) is 0 Å². The van der Waals surface area contributed by atoms with Gasteiger partial charge in [-0.15, -0.1) is 0 Å². The summed E-state index contributed by atoms with van der Waals surface area (Å²) in [5.41, 5.74) is 2.35. The maximum Gasteiger partial charge on any atom is 0.255 e. The zero-order valence-electron chi connectivity index (χ0n) is 13.9. The first-order chi connectivity index (χ1) is 10.8. The third-order valence-corrected chi connectivity index (χ3v) is 3.27. The molecule has 0 spiro atoms. The molecule has 0 unspecified atom stereocenters. The molecule has 2 amide bonds. The molecule has 4 nitrogen and oxygen atoms in total. The average Bonchev–Trinajstić information content (AvgIpc) is 2.48. The van der Waals surface area contributed by atoms with E-state index in [-0.39, 0.29) is 17.4 Å². The van der Waals surface area contributed by atoms with E-state index < -0.39 is 0 Å². The molecule has 23 heavy (non-hydrogen) atoms. The minimum absolute atomic E-state index is 0.192. The monoisotopic (exact) mass is 310 g/mol. The topological polar surface area (TPSA) is 58.2 Å². The van der Waals surface area contributed by atoms with E-state index in [0.29, 0.717) is 11.1 Å². The molecular weight excluding hydrogens is 288 g/mol. The molecule has 0 saturated heterocycles. The van der Waals surface area contributed by atoms with Crippen LogP contribution in [0.25, 0.3) is 0 Å². The quantitative estimate of drug-likeness (QED) is 0.906. The van der Waals surface area contributed by atoms with E-state index >= 15 is 0 Å². The van der Waals surface area contributed by atoms with Gasteiger partial charge in [-0.2, -0.15) is 0 Å². The number of rotatable bonds is 3. The van der Waals surface area contributed by atoms with E-state index in [2.05, 4.69) is 10.6 Å². The van der Waals surface area contributed by atoms with Crippen molar-refractivity contribution in [1.82, 2.24) is 5.32 Å². The number of carbonyl (C=O) groups excluding carboxylic acids is 2. The lowest BCUT2D eigenvalue weighted by Crippen LogP contribution is -2.40. The SMILES string of the molecule is Cc1ccccc1NC(=O)c1cccc(C(=O)NC(C)(C)C)c1. The first kappa shape index (κ1) is 16.7. The van der Waals surface area contributed by atoms with Crippen molar-refractivity contribution >= 4 is 17.5 Å². The molecular formula is C19H22N2O2. The number of para-hydroxylation sites is 1. The smallest absolute Gasteiger partial charge is 0.255 e. The van der Waals surface area contributed by atoms with Crippen molar-refractivity contribution in [3.05, 3.63) is 65.2 Å². The normalized spacial score (nSPS) is 11.0. The molecule has 0 atom stereocenters. The number of benzene rings is 2. The fourth-order valence-corrected chi connectivity index (χ4v) is 2.12. The lowest BCUT2D eigenvalue weighted by molar-refractivity contribution is 0.0919. The number of aryl methyl sites for hydroxylation is 1. The summed E-state index contributed by atoms with van der Waals surface area (Å²) in [6, 6.07) is 14.3. The van der Waals surface area contributed by atoms with Crippen LogP contribution in [-0.2, 0) is 0 Å². The summed E-state index contributed by atoms with van der Waals surface area (Å²) in [5, 5.41) is 5.76. The maximum atomic E-state index is 12.4. The molecule has 0 radical (unpaired) electrons. The van der Waals surface area contributed by atoms with Gasteiger partial charge in [0.2, 0.25) is 0 Å². The summed E-state index contributed by atoms with van der Waals surface area (Å²) in [4.78, 5) is 24.6. The Labute approximate surface area is 136 Å². The lowest BCUT2D eigenvalue weighted by Gasteiger charge is -2.20. The fourth-order valence-electron chi connectivity index (χ4n) is 2.12. The Balaban J connectivity index is 2.18. The molecule has 0 aliphatic rings. The predicted molar refractivity (Wildman–Crippen MR) is 92.8 cm³/mol. The molecule has 0 fully saturated rings. The summed E-state index contributed by atoms with van der Waals surface area (Å²) >= 11 is 0. The molecule has 120 valence electrons. The lowest BCUT2D eigenvalue weighted by atomic mass is 10.1. The van der Waals surface area contributed by atoms with E-state index in [1.54, 1.807) is 24.3 Å². The van der Waals surface area contributed by atoms with Crippen LogP contribution in [0.1, 0.15) is 47.1 Å². The van der Waals surface area contributed by atoms with Gasteiger partial charge in [-0.25, -0.2) is 0 Å². The molecule has 0 aliphatic carbocycles. The second-order valence-corrected chi connectivity index (χ2v) is 6.55. The molecule has 2 aromatic carbocycles. The number of anilines is 1. The number of hydrogen-bond acceptors (Lipinski definition) is 2. The van der Waals surface area contributed by atoms with Crippen molar-refractivity contribution in [2.75, 3.05) is 5.32 Å². The number of amides is 2. The molecule has 0 aromatic heterocycles. The van der Waals surface area contributed by atoms with Crippen LogP contribution in [0, 0.1) is 6.92 Å². The summed E-state index contributed by atoms with van der Waals surface area (Å²) in [6.07, 6.45) is 0. The highest BCUT2D eigenvalue weighted by Crippen LogP contribution is 2.15. The highest BCUT2D eigenvalue weighted by Gasteiger charge is 2.16. The van der Waals surface area contributed by atoms with Crippen molar-refractivity contribution in [3.63, 3.8) is 0 Å². The van der Waals surface area contributed by atoms with Gasteiger partial charge in [0.25, 0.3) is 11.8 Å². The zero-order valence-corrected chi connectivity index (χ0v) is 13.9. The second kappa shape index (κ2) is 6.65. The maximum absolute atomic E-state index is 12.4. The summed E-state index contributed by atoms with van der Waals surface area (Å²) in [5.74, 6) is -0.423. The van der Waals surface area contributed by atoms with Crippen LogP contribution in [0.3, 0.4) is 0 Å². The average molecular weight is 310 g/mol. The van der Waals surface area contributed by atoms with Crippen LogP contribution in [0.15, 0.2) is 48.5 Å². The molecule has 2 N–H and O–H groups in total. The fraction of sp³-hybridized carbons (Fsp3) is 0.263. The Hall–Kier alpha value is -2.62. The van der Waals surface area contributed by atoms with Gasteiger partial charge in [-0.05, 0) is 57.5 Å². The van der Waals surface area contributed by atoms with Crippen LogP contribution in [-0.4, -0.2) is 17.4 Å². The Morgan fingerprint density at radius 1 is 0.870 bits per heavy atom. The van der Waals surface area contributed by atoms with Gasteiger partial charge in [0.15, 0.2) is 0 Å². The van der Waals surface area contributed by atoms with Gasteiger partial charge in [0, 0.05) is 22.4 Å². The molecule has 2 aromatic rings. The first-order valence-electron chi connectivity index (χ1n) is 7.56. The van der Waals surface area contributed by atoms with Crippen LogP contribution >= 0.6 is 0 Å². The van der Waals surface area contributed by atoms with Crippen molar-refractivity contribution in [1.29, 1.82) is 0 Å². The molecule has 0 heterocycles. The molecule has 0 aliphatic heterocycles. The van der Waals surface area contributed by atoms with Gasteiger partial charge in [0.1, 0.15) is 0 Å². The largest absolute Gasteiger partial charge is 0.347 e. The van der Waals surface area contributed by atoms with Gasteiger partial charge in [-0.3, -0.25) is 9.59 Å². The predicted octanol–water partition coefficient (Wildman–Crippen LogP) is 3.78.